The van der Waals surface area contributed by atoms with Crippen LogP contribution in [0.25, 0.3) is 0 Å². The Labute approximate surface area is 115 Å². The smallest absolute Gasteiger partial charge is 0.227 e. The summed E-state index contributed by atoms with van der Waals surface area (Å²) in [6.45, 7) is 6.07. The van der Waals surface area contributed by atoms with Gasteiger partial charge in [0, 0.05) is 37.6 Å². The molecule has 0 atom stereocenters. The number of carbonyl (C=O) groups excluding carboxylic acids is 1. The molecule has 0 heterocycles. The summed E-state index contributed by atoms with van der Waals surface area (Å²) in [6.07, 6.45) is 2.19. The lowest BCUT2D eigenvalue weighted by molar-refractivity contribution is -0.119. The van der Waals surface area contributed by atoms with E-state index in [1.807, 2.05) is 36.1 Å². The van der Waals surface area contributed by atoms with E-state index in [9.17, 15) is 4.79 Å². The van der Waals surface area contributed by atoms with Gasteiger partial charge in [0.05, 0.1) is 0 Å². The van der Waals surface area contributed by atoms with E-state index in [4.69, 9.17) is 10.5 Å². The first-order valence-electron chi connectivity index (χ1n) is 6.92. The number of hydrogen-bond acceptors (Lipinski definition) is 3. The second-order valence-electron chi connectivity index (χ2n) is 4.44. The highest BCUT2D eigenvalue weighted by molar-refractivity contribution is 5.93. The lowest BCUT2D eigenvalue weighted by Crippen LogP contribution is -2.31. The normalized spacial score (nSPS) is 10.4. The molecule has 0 unspecified atom stereocenters. The van der Waals surface area contributed by atoms with Gasteiger partial charge in [-0.25, -0.2) is 0 Å². The minimum Gasteiger partial charge on any atom is -0.399 e. The topological polar surface area (TPSA) is 55.6 Å². The van der Waals surface area contributed by atoms with Crippen LogP contribution in [0.4, 0.5) is 11.4 Å². The summed E-state index contributed by atoms with van der Waals surface area (Å²) >= 11 is 0. The molecule has 0 aliphatic rings. The number of ether oxygens (including phenoxy) is 1. The Hall–Kier alpha value is -1.55. The van der Waals surface area contributed by atoms with Crippen LogP contribution in [0.15, 0.2) is 24.3 Å². The third-order valence-corrected chi connectivity index (χ3v) is 2.81. The minimum absolute atomic E-state index is 0.132. The van der Waals surface area contributed by atoms with Gasteiger partial charge in [0.1, 0.15) is 0 Å². The lowest BCUT2D eigenvalue weighted by Gasteiger charge is -2.22. The molecule has 0 aromatic heterocycles. The Morgan fingerprint density at radius 1 is 1.37 bits per heavy atom. The lowest BCUT2D eigenvalue weighted by atomic mass is 10.2. The molecule has 0 spiro atoms. The van der Waals surface area contributed by atoms with Crippen LogP contribution in [0.3, 0.4) is 0 Å². The molecule has 0 radical (unpaired) electrons. The quantitative estimate of drug-likeness (QED) is 0.580. The SMILES string of the molecule is CCCN(C(=O)CCCOCC)c1cccc(N)c1. The molecule has 1 aromatic rings. The fourth-order valence-electron chi connectivity index (χ4n) is 1.92. The van der Waals surface area contributed by atoms with Crippen LogP contribution >= 0.6 is 0 Å². The summed E-state index contributed by atoms with van der Waals surface area (Å²) in [5.41, 5.74) is 7.33. The van der Waals surface area contributed by atoms with Crippen molar-refractivity contribution in [2.75, 3.05) is 30.4 Å². The summed E-state index contributed by atoms with van der Waals surface area (Å²) < 4.78 is 5.26. The van der Waals surface area contributed by atoms with Gasteiger partial charge < -0.3 is 15.4 Å². The van der Waals surface area contributed by atoms with Gasteiger partial charge in [-0.3, -0.25) is 4.79 Å². The van der Waals surface area contributed by atoms with Crippen molar-refractivity contribution in [2.45, 2.75) is 33.1 Å². The number of hydrogen-bond donors (Lipinski definition) is 1. The van der Waals surface area contributed by atoms with E-state index in [0.717, 1.165) is 25.1 Å². The fourth-order valence-corrected chi connectivity index (χ4v) is 1.92. The Morgan fingerprint density at radius 3 is 2.79 bits per heavy atom. The zero-order valence-corrected chi connectivity index (χ0v) is 11.9. The van der Waals surface area contributed by atoms with Gasteiger partial charge >= 0.3 is 0 Å². The van der Waals surface area contributed by atoms with E-state index >= 15 is 0 Å². The average molecular weight is 264 g/mol. The molecule has 0 saturated carbocycles. The molecular weight excluding hydrogens is 240 g/mol. The molecule has 106 valence electrons. The summed E-state index contributed by atoms with van der Waals surface area (Å²) in [6, 6.07) is 7.47. The van der Waals surface area contributed by atoms with E-state index in [1.54, 1.807) is 0 Å². The number of anilines is 2. The van der Waals surface area contributed by atoms with Gasteiger partial charge in [-0.2, -0.15) is 0 Å². The third kappa shape index (κ3) is 5.30. The minimum atomic E-state index is 0.132. The number of nitrogen functional groups attached to an aromatic ring is 1. The van der Waals surface area contributed by atoms with Crippen LogP contribution in [0.1, 0.15) is 33.1 Å². The van der Waals surface area contributed by atoms with E-state index in [2.05, 4.69) is 6.92 Å². The average Bonchev–Trinajstić information content (AvgIpc) is 2.40. The highest BCUT2D eigenvalue weighted by Crippen LogP contribution is 2.19. The van der Waals surface area contributed by atoms with Crippen LogP contribution < -0.4 is 10.6 Å². The van der Waals surface area contributed by atoms with Gasteiger partial charge in [-0.05, 0) is 38.0 Å². The first-order chi connectivity index (χ1) is 9.19. The van der Waals surface area contributed by atoms with Crippen LogP contribution in [-0.4, -0.2) is 25.7 Å². The number of amides is 1. The Bertz CT molecular complexity index is 393. The van der Waals surface area contributed by atoms with Crippen molar-refractivity contribution in [3.05, 3.63) is 24.3 Å². The molecule has 0 saturated heterocycles. The highest BCUT2D eigenvalue weighted by Gasteiger charge is 2.14. The first-order valence-corrected chi connectivity index (χ1v) is 6.92. The maximum absolute atomic E-state index is 12.2. The molecule has 0 bridgehead atoms. The number of benzene rings is 1. The van der Waals surface area contributed by atoms with Crippen molar-refractivity contribution in [1.29, 1.82) is 0 Å². The number of rotatable bonds is 8. The van der Waals surface area contributed by atoms with Crippen LogP contribution in [0, 0.1) is 0 Å². The standard InChI is InChI=1S/C15H24N2O2/c1-3-10-17(14-8-5-7-13(16)12-14)15(18)9-6-11-19-4-2/h5,7-8,12H,3-4,6,9-11,16H2,1-2H3. The van der Waals surface area contributed by atoms with E-state index in [-0.39, 0.29) is 5.91 Å². The molecule has 0 fully saturated rings. The predicted octanol–water partition coefficient (Wildman–Crippen LogP) is 2.83. The van der Waals surface area contributed by atoms with Crippen LogP contribution in [0.5, 0.6) is 0 Å². The summed E-state index contributed by atoms with van der Waals surface area (Å²) in [4.78, 5) is 14.0. The molecule has 2 N–H and O–H groups in total. The molecule has 0 aliphatic carbocycles. The second-order valence-corrected chi connectivity index (χ2v) is 4.44. The van der Waals surface area contributed by atoms with Crippen molar-refractivity contribution in [3.63, 3.8) is 0 Å². The zero-order valence-electron chi connectivity index (χ0n) is 11.9. The Morgan fingerprint density at radius 2 is 2.16 bits per heavy atom. The van der Waals surface area contributed by atoms with Crippen molar-refractivity contribution in [2.24, 2.45) is 0 Å². The fraction of sp³-hybridized carbons (Fsp3) is 0.533. The van der Waals surface area contributed by atoms with Crippen LogP contribution in [0.2, 0.25) is 0 Å². The largest absolute Gasteiger partial charge is 0.399 e. The molecule has 1 aromatic carbocycles. The molecule has 4 nitrogen and oxygen atoms in total. The number of carbonyl (C=O) groups is 1. The van der Waals surface area contributed by atoms with Crippen molar-refractivity contribution in [3.8, 4) is 0 Å². The molecule has 1 amide bonds. The van der Waals surface area contributed by atoms with Crippen LogP contribution in [-0.2, 0) is 9.53 Å². The first kappa shape index (κ1) is 15.5. The van der Waals surface area contributed by atoms with E-state index < -0.39 is 0 Å². The second kappa shape index (κ2) is 8.53. The Balaban J connectivity index is 2.63. The van der Waals surface area contributed by atoms with Gasteiger partial charge in [0.2, 0.25) is 5.91 Å². The van der Waals surface area contributed by atoms with Gasteiger partial charge in [-0.15, -0.1) is 0 Å². The number of nitrogens with zero attached hydrogens (tertiary/aromatic N) is 1. The van der Waals surface area contributed by atoms with Crippen molar-refractivity contribution in [1.82, 2.24) is 0 Å². The molecule has 19 heavy (non-hydrogen) atoms. The highest BCUT2D eigenvalue weighted by atomic mass is 16.5. The van der Waals surface area contributed by atoms with Crippen molar-refractivity contribution < 1.29 is 9.53 Å². The van der Waals surface area contributed by atoms with Gasteiger partial charge in [0.25, 0.3) is 0 Å². The molecule has 4 heteroatoms. The summed E-state index contributed by atoms with van der Waals surface area (Å²) in [5, 5.41) is 0. The summed E-state index contributed by atoms with van der Waals surface area (Å²) in [7, 11) is 0. The zero-order chi connectivity index (χ0) is 14.1. The van der Waals surface area contributed by atoms with Crippen molar-refractivity contribution >= 4 is 17.3 Å². The molecule has 1 rings (SSSR count). The number of nitrogens with two attached hydrogens (primary N) is 1. The third-order valence-electron chi connectivity index (χ3n) is 2.81. The maximum atomic E-state index is 12.2. The Kier molecular flexibility index (Phi) is 6.97. The molecule has 0 aliphatic heterocycles. The monoisotopic (exact) mass is 264 g/mol. The van der Waals surface area contributed by atoms with Gasteiger partial charge in [0.15, 0.2) is 0 Å². The van der Waals surface area contributed by atoms with Gasteiger partial charge in [-0.1, -0.05) is 13.0 Å². The predicted molar refractivity (Wildman–Crippen MR) is 79.2 cm³/mol. The van der Waals surface area contributed by atoms with E-state index in [1.165, 1.54) is 0 Å². The molecular formula is C15H24N2O2. The maximum Gasteiger partial charge on any atom is 0.227 e. The van der Waals surface area contributed by atoms with E-state index in [0.29, 0.717) is 25.3 Å². The summed E-state index contributed by atoms with van der Waals surface area (Å²) in [5.74, 6) is 0.132.